The molecule has 34 heavy (non-hydrogen) atoms. The van der Waals surface area contributed by atoms with Crippen LogP contribution in [0.1, 0.15) is 39.5 Å². The quantitative estimate of drug-likeness (QED) is 0.555. The van der Waals surface area contributed by atoms with Crippen LogP contribution in [0.5, 0.6) is 5.75 Å². The van der Waals surface area contributed by atoms with E-state index in [0.717, 1.165) is 38.9 Å². The van der Waals surface area contributed by atoms with E-state index in [1.807, 2.05) is 0 Å². The summed E-state index contributed by atoms with van der Waals surface area (Å²) in [4.78, 5) is 29.1. The van der Waals surface area contributed by atoms with Crippen molar-refractivity contribution in [2.45, 2.75) is 44.4 Å². The molecule has 10 heteroatoms. The van der Waals surface area contributed by atoms with Crippen LogP contribution in [-0.4, -0.2) is 81.9 Å². The van der Waals surface area contributed by atoms with Gasteiger partial charge in [0.05, 0.1) is 10.6 Å². The van der Waals surface area contributed by atoms with E-state index >= 15 is 0 Å². The van der Waals surface area contributed by atoms with Crippen LogP contribution in [0.15, 0.2) is 23.1 Å². The molecule has 4 rings (SSSR count). The Morgan fingerprint density at radius 2 is 1.85 bits per heavy atom. The third kappa shape index (κ3) is 5.72. The van der Waals surface area contributed by atoms with Crippen LogP contribution >= 0.6 is 0 Å². The first-order valence-corrected chi connectivity index (χ1v) is 13.7. The number of piperidine rings is 1. The van der Waals surface area contributed by atoms with Crippen LogP contribution in [0.25, 0.3) is 0 Å². The number of sulfonamides is 1. The molecule has 1 aromatic rings. The van der Waals surface area contributed by atoms with Crippen LogP contribution in [0, 0.1) is 11.8 Å². The molecule has 0 bridgehead atoms. The maximum atomic E-state index is 13.0. The number of rotatable bonds is 8. The SMILES string of the molecule is C[C@@H]1C[C@@H](C)CN(CCCNC(=O)CN2C(=O)COc3ccc(S(=O)(=O)N4CCCC4)cc32)C1. The molecule has 3 aliphatic heterocycles. The first-order valence-electron chi connectivity index (χ1n) is 12.3. The van der Waals surface area contributed by atoms with Crippen molar-refractivity contribution in [1.82, 2.24) is 14.5 Å². The van der Waals surface area contributed by atoms with Gasteiger partial charge >= 0.3 is 0 Å². The molecule has 0 aromatic heterocycles. The first kappa shape index (κ1) is 24.9. The molecule has 1 aromatic carbocycles. The van der Waals surface area contributed by atoms with Gasteiger partial charge in [-0.25, -0.2) is 8.42 Å². The summed E-state index contributed by atoms with van der Waals surface area (Å²) in [6.07, 6.45) is 3.79. The van der Waals surface area contributed by atoms with Crippen molar-refractivity contribution in [1.29, 1.82) is 0 Å². The summed E-state index contributed by atoms with van der Waals surface area (Å²) in [5.41, 5.74) is 0.322. The molecule has 2 fully saturated rings. The van der Waals surface area contributed by atoms with Crippen LogP contribution in [0.2, 0.25) is 0 Å². The minimum absolute atomic E-state index is 0.113. The number of amides is 2. The highest BCUT2D eigenvalue weighted by atomic mass is 32.2. The van der Waals surface area contributed by atoms with E-state index < -0.39 is 10.0 Å². The number of carbonyl (C=O) groups is 2. The zero-order chi connectivity index (χ0) is 24.3. The lowest BCUT2D eigenvalue weighted by Crippen LogP contribution is -2.45. The van der Waals surface area contributed by atoms with Crippen molar-refractivity contribution >= 4 is 27.5 Å². The summed E-state index contributed by atoms with van der Waals surface area (Å²) in [5.74, 6) is 1.17. The molecule has 0 spiro atoms. The zero-order valence-electron chi connectivity index (χ0n) is 20.2. The molecule has 0 radical (unpaired) electrons. The Morgan fingerprint density at radius 3 is 2.56 bits per heavy atom. The largest absolute Gasteiger partial charge is 0.482 e. The van der Waals surface area contributed by atoms with Gasteiger partial charge in [-0.3, -0.25) is 14.5 Å². The maximum Gasteiger partial charge on any atom is 0.265 e. The van der Waals surface area contributed by atoms with E-state index in [0.29, 0.717) is 42.9 Å². The van der Waals surface area contributed by atoms with E-state index in [2.05, 4.69) is 24.1 Å². The van der Waals surface area contributed by atoms with Crippen molar-refractivity contribution < 1.29 is 22.7 Å². The molecule has 9 nitrogen and oxygen atoms in total. The Kier molecular flexibility index (Phi) is 7.79. The summed E-state index contributed by atoms with van der Waals surface area (Å²) >= 11 is 0. The second kappa shape index (κ2) is 10.6. The molecule has 2 saturated heterocycles. The topological polar surface area (TPSA) is 99.3 Å². The lowest BCUT2D eigenvalue weighted by molar-refractivity contribution is -0.125. The molecule has 188 valence electrons. The average molecular weight is 493 g/mol. The van der Waals surface area contributed by atoms with Crippen LogP contribution in [0.4, 0.5) is 5.69 Å². The molecule has 0 aliphatic carbocycles. The highest BCUT2D eigenvalue weighted by molar-refractivity contribution is 7.89. The average Bonchev–Trinajstić information content (AvgIpc) is 3.34. The molecule has 2 amide bonds. The second-order valence-corrected chi connectivity index (χ2v) is 11.9. The van der Waals surface area contributed by atoms with Gasteiger partial charge < -0.3 is 15.0 Å². The molecule has 0 unspecified atom stereocenters. The molecule has 3 aliphatic rings. The molecule has 1 N–H and O–H groups in total. The smallest absolute Gasteiger partial charge is 0.265 e. The number of anilines is 1. The van der Waals surface area contributed by atoms with Gasteiger partial charge in [-0.1, -0.05) is 13.8 Å². The van der Waals surface area contributed by atoms with Crippen molar-refractivity contribution in [3.8, 4) is 5.75 Å². The van der Waals surface area contributed by atoms with Gasteiger partial charge in [-0.05, 0) is 62.3 Å². The number of ether oxygens (including phenoxy) is 1. The Balaban J connectivity index is 1.36. The number of fused-ring (bicyclic) bond motifs is 1. The van der Waals surface area contributed by atoms with Crippen molar-refractivity contribution in [3.05, 3.63) is 18.2 Å². The summed E-state index contributed by atoms with van der Waals surface area (Å²) in [7, 11) is -3.64. The normalized spacial score (nSPS) is 24.1. The van der Waals surface area contributed by atoms with E-state index in [-0.39, 0.29) is 29.9 Å². The third-order valence-electron chi connectivity index (χ3n) is 6.80. The number of likely N-dealkylation sites (tertiary alicyclic amines) is 1. The number of hydrogen-bond acceptors (Lipinski definition) is 6. The van der Waals surface area contributed by atoms with Crippen LogP contribution in [0.3, 0.4) is 0 Å². The summed E-state index contributed by atoms with van der Waals surface area (Å²) in [5, 5.41) is 2.91. The van der Waals surface area contributed by atoms with Gasteiger partial charge in [-0.15, -0.1) is 0 Å². The highest BCUT2D eigenvalue weighted by Crippen LogP contribution is 2.35. The van der Waals surface area contributed by atoms with E-state index in [4.69, 9.17) is 4.74 Å². The zero-order valence-corrected chi connectivity index (χ0v) is 21.0. The van der Waals surface area contributed by atoms with Gasteiger partial charge in [0.1, 0.15) is 12.3 Å². The van der Waals surface area contributed by atoms with Gasteiger partial charge in [0.2, 0.25) is 15.9 Å². The Bertz CT molecular complexity index is 999. The third-order valence-corrected chi connectivity index (χ3v) is 8.69. The summed E-state index contributed by atoms with van der Waals surface area (Å²) < 4.78 is 32.9. The summed E-state index contributed by atoms with van der Waals surface area (Å²) in [6, 6.07) is 4.52. The van der Waals surface area contributed by atoms with Crippen LogP contribution < -0.4 is 15.0 Å². The number of hydrogen-bond donors (Lipinski definition) is 1. The lowest BCUT2D eigenvalue weighted by Gasteiger charge is -2.35. The van der Waals surface area contributed by atoms with Crippen molar-refractivity contribution in [2.75, 3.05) is 57.3 Å². The molecule has 2 atom stereocenters. The van der Waals surface area contributed by atoms with Crippen molar-refractivity contribution in [3.63, 3.8) is 0 Å². The highest BCUT2D eigenvalue weighted by Gasteiger charge is 2.32. The van der Waals surface area contributed by atoms with E-state index in [1.165, 1.54) is 27.8 Å². The fraction of sp³-hybridized carbons (Fsp3) is 0.667. The standard InChI is InChI=1S/C24H36N4O5S/c1-18-12-19(2)15-26(14-18)9-5-8-25-23(29)16-28-21-13-20(6-7-22(21)33-17-24(28)30)34(31,32)27-10-3-4-11-27/h6-7,13,18-19H,3-5,8-12,14-17H2,1-2H3,(H,25,29)/t18-,19-/m1/s1. The predicted octanol–water partition coefficient (Wildman–Crippen LogP) is 1.68. The van der Waals surface area contributed by atoms with Gasteiger partial charge in [0.15, 0.2) is 6.61 Å². The van der Waals surface area contributed by atoms with Gasteiger partial charge in [0, 0.05) is 32.7 Å². The van der Waals surface area contributed by atoms with E-state index in [1.54, 1.807) is 6.07 Å². The van der Waals surface area contributed by atoms with Crippen LogP contribution in [-0.2, 0) is 19.6 Å². The number of carbonyl (C=O) groups excluding carboxylic acids is 2. The first-order chi connectivity index (χ1) is 16.2. The lowest BCUT2D eigenvalue weighted by atomic mass is 9.92. The fourth-order valence-electron chi connectivity index (χ4n) is 5.30. The Labute approximate surface area is 202 Å². The molecule has 3 heterocycles. The fourth-order valence-corrected chi connectivity index (χ4v) is 6.84. The van der Waals surface area contributed by atoms with Crippen molar-refractivity contribution in [2.24, 2.45) is 11.8 Å². The van der Waals surface area contributed by atoms with Gasteiger partial charge in [-0.2, -0.15) is 4.31 Å². The minimum Gasteiger partial charge on any atom is -0.482 e. The summed E-state index contributed by atoms with van der Waals surface area (Å²) in [6.45, 7) is 8.88. The monoisotopic (exact) mass is 492 g/mol. The maximum absolute atomic E-state index is 13.0. The number of benzene rings is 1. The number of nitrogens with one attached hydrogen (secondary N) is 1. The van der Waals surface area contributed by atoms with Gasteiger partial charge in [0.25, 0.3) is 5.91 Å². The molecular formula is C24H36N4O5S. The second-order valence-electron chi connectivity index (χ2n) is 9.92. The predicted molar refractivity (Wildman–Crippen MR) is 129 cm³/mol. The Morgan fingerprint density at radius 1 is 1.15 bits per heavy atom. The Hall–Kier alpha value is -2.17. The molecule has 0 saturated carbocycles. The molecular weight excluding hydrogens is 456 g/mol. The minimum atomic E-state index is -3.64. The number of nitrogens with zero attached hydrogens (tertiary/aromatic N) is 3. The van der Waals surface area contributed by atoms with E-state index in [9.17, 15) is 18.0 Å².